The highest BCUT2D eigenvalue weighted by atomic mass is 32.2. The van der Waals surface area contributed by atoms with E-state index in [9.17, 15) is 64.8 Å². The Morgan fingerprint density at radius 1 is 0.544 bits per heavy atom. The summed E-state index contributed by atoms with van der Waals surface area (Å²) in [4.78, 5) is 135. The number of likely N-dealkylation sites (tertiary alicyclic amines) is 2. The van der Waals surface area contributed by atoms with Crippen molar-refractivity contribution in [3.8, 4) is 22.3 Å². The third-order valence-electron chi connectivity index (χ3n) is 20.3. The van der Waals surface area contributed by atoms with Gasteiger partial charge < -0.3 is 47.2 Å². The second-order valence-corrected chi connectivity index (χ2v) is 34.9. The van der Waals surface area contributed by atoms with Crippen LogP contribution in [0.15, 0.2) is 135 Å². The minimum atomic E-state index is -3.89. The van der Waals surface area contributed by atoms with E-state index in [2.05, 4.69) is 49.2 Å². The topological polar surface area (TPSA) is 376 Å². The van der Waals surface area contributed by atoms with E-state index in [0.717, 1.165) is 47.9 Å². The number of aromatic carboxylic acids is 1. The van der Waals surface area contributed by atoms with Crippen LogP contribution in [0, 0.1) is 34.5 Å². The quantitative estimate of drug-likeness (QED) is 0.0343. The number of rotatable bonds is 25. The molecule has 2 saturated heterocycles. The van der Waals surface area contributed by atoms with Crippen LogP contribution in [0.5, 0.6) is 0 Å². The van der Waals surface area contributed by atoms with Gasteiger partial charge in [0.2, 0.25) is 55.5 Å². The summed E-state index contributed by atoms with van der Waals surface area (Å²) in [5.41, 5.74) is 5.84. The first-order chi connectivity index (χ1) is 48.6. The lowest BCUT2D eigenvalue weighted by atomic mass is 9.85. The van der Waals surface area contributed by atoms with Gasteiger partial charge in [-0.2, -0.15) is 0 Å². The highest BCUT2D eigenvalue weighted by Crippen LogP contribution is 2.47. The second-order valence-electron chi connectivity index (χ2n) is 30.9. The second kappa shape index (κ2) is 30.7. The van der Waals surface area contributed by atoms with Crippen LogP contribution in [-0.4, -0.2) is 162 Å². The molecule has 10 N–H and O–H groups in total. The molecule has 8 aliphatic rings. The van der Waals surface area contributed by atoms with E-state index in [1.54, 1.807) is 24.3 Å². The SMILES string of the molecule is C=CC1CC1(NC(=O)[C@@H]1C[C@@H](N)CN1C(=O)[C@@H](NC(=O)CC1CC1)C(C)(C)C)C(=O)NS(=O)(=O)C1CC1.C=CC1CC1(NC(=O)[C@@H]1C[C@@H](NC(=O)c2ccccc2-c2ccccc2)CN1C(=O)[C@@H](NC(=O)CC1CC1)C(C)(C)C)C(=O)NS(=O)(=O)C1CC1.O=C(O)c1ccccc1-c1ccccc1. The average Bonchev–Trinajstić information content (AvgIpc) is 1.58. The first kappa shape index (κ1) is 76.6. The van der Waals surface area contributed by atoms with E-state index >= 15 is 0 Å². The Balaban J connectivity index is 0.000000190. The van der Waals surface area contributed by atoms with E-state index in [1.807, 2.05) is 126 Å². The highest BCUT2D eigenvalue weighted by Gasteiger charge is 2.63. The third-order valence-corrected chi connectivity index (χ3v) is 24.0. The number of benzene rings is 4. The van der Waals surface area contributed by atoms with Crippen LogP contribution >= 0.6 is 0 Å². The number of carbonyl (C=O) groups excluding carboxylic acids is 9. The molecule has 8 fully saturated rings. The summed E-state index contributed by atoms with van der Waals surface area (Å²) in [6.07, 6.45) is 10.1. The highest BCUT2D eigenvalue weighted by molar-refractivity contribution is 7.91. The number of carbonyl (C=O) groups is 10. The molecule has 12 rings (SSSR count). The zero-order valence-electron chi connectivity index (χ0n) is 59.2. The van der Waals surface area contributed by atoms with Gasteiger partial charge in [-0.05, 0) is 134 Å². The number of nitrogens with two attached hydrogens (primary N) is 1. The zero-order chi connectivity index (χ0) is 74.7. The van der Waals surface area contributed by atoms with Gasteiger partial charge in [0.25, 0.3) is 17.7 Å². The molecule has 0 spiro atoms. The lowest BCUT2D eigenvalue weighted by Gasteiger charge is -2.35. The molecule has 10 atom stereocenters. The smallest absolute Gasteiger partial charge is 0.336 e. The minimum Gasteiger partial charge on any atom is -0.478 e. The summed E-state index contributed by atoms with van der Waals surface area (Å²) in [5.74, 6) is -5.78. The fraction of sp³-hybridized carbons (Fsp3) is 0.500. The Bertz CT molecular complexity index is 4180. The van der Waals surface area contributed by atoms with Crippen LogP contribution in [-0.2, 0) is 58.4 Å². The van der Waals surface area contributed by atoms with Gasteiger partial charge in [-0.3, -0.25) is 52.6 Å². The van der Waals surface area contributed by atoms with Crippen molar-refractivity contribution >= 4 is 79.2 Å². The monoisotopic (exact) mass is 1450 g/mol. The molecule has 4 aromatic carbocycles. The fourth-order valence-electron chi connectivity index (χ4n) is 13.4. The largest absolute Gasteiger partial charge is 0.478 e. The molecule has 9 amide bonds. The first-order valence-electron chi connectivity index (χ1n) is 35.4. The number of carboxylic acids is 1. The van der Waals surface area contributed by atoms with Crippen LogP contribution in [0.4, 0.5) is 0 Å². The van der Waals surface area contributed by atoms with E-state index in [-0.39, 0.29) is 56.5 Å². The number of sulfonamides is 2. The molecule has 2 aliphatic heterocycles. The zero-order valence-corrected chi connectivity index (χ0v) is 60.8. The van der Waals surface area contributed by atoms with Crippen LogP contribution in [0.3, 0.4) is 0 Å². The number of nitrogens with zero attached hydrogens (tertiary/aromatic N) is 2. The van der Waals surface area contributed by atoms with E-state index in [1.165, 1.54) is 22.0 Å². The first-order valence-corrected chi connectivity index (χ1v) is 38.5. The maximum atomic E-state index is 14.4. The Morgan fingerprint density at radius 2 is 0.922 bits per heavy atom. The molecule has 0 aromatic heterocycles. The molecule has 25 nitrogen and oxygen atoms in total. The van der Waals surface area contributed by atoms with Gasteiger partial charge in [0.15, 0.2) is 0 Å². The van der Waals surface area contributed by atoms with Gasteiger partial charge in [-0.1, -0.05) is 151 Å². The maximum absolute atomic E-state index is 14.4. The van der Waals surface area contributed by atoms with Crippen molar-refractivity contribution < 1.29 is 69.9 Å². The molecule has 0 radical (unpaired) electrons. The van der Waals surface area contributed by atoms with Gasteiger partial charge in [-0.15, -0.1) is 13.2 Å². The van der Waals surface area contributed by atoms with E-state index in [0.29, 0.717) is 61.5 Å². The molecule has 2 heterocycles. The Labute approximate surface area is 602 Å². The van der Waals surface area contributed by atoms with Crippen LogP contribution in [0.2, 0.25) is 0 Å². The van der Waals surface area contributed by atoms with Gasteiger partial charge in [0.05, 0.1) is 16.1 Å². The Morgan fingerprint density at radius 3 is 1.30 bits per heavy atom. The number of carboxylic acid groups (broad SMARTS) is 1. The predicted octanol–water partition coefficient (Wildman–Crippen LogP) is 6.02. The normalized spacial score (nSPS) is 24.7. The van der Waals surface area contributed by atoms with Gasteiger partial charge >= 0.3 is 5.97 Å². The molecule has 4 unspecified atom stereocenters. The molecule has 6 saturated carbocycles. The van der Waals surface area contributed by atoms with Gasteiger partial charge in [0.1, 0.15) is 35.2 Å². The molecular weight excluding hydrogens is 1360 g/mol. The lowest BCUT2D eigenvalue weighted by molar-refractivity contribution is -0.144. The standard InChI is InChI=1S/C38H47N5O7S.C25H39N5O6S.C13H10O2/c1-5-25-21-38(25,36(48)42-51(49,50)27-17-18-27)41-34(46)30-20-26(39-33(45)29-14-10-9-13-28(29)24-11-7-6-8-12-24)22-43(30)35(47)32(37(2,3)4)40-31(44)19-23-15-16-23;1-5-15-12-25(15,23(34)29-37(35,36)17-8-9-17)28-21(32)18-11-16(26)13-30(18)22(33)20(24(2,3)4)27-19(31)10-14-6-7-14;14-13(15)12-9-5-4-8-11(12)10-6-2-1-3-7-10/h5-14,23,25-27,30,32H,1,15-22H2,2-4H3,(H,39,45)(H,40,44)(H,41,46)(H,42,48);5,14-18,20H,1,6-13,26H2,2-4H3,(H,27,31)(H,28,32)(H,29,34);1-9H,(H,14,15)/t25?,26-,30+,32-,38?;15?,16-,18+,20-,25?;/m11./s1. The number of nitrogens with one attached hydrogen (secondary N) is 7. The van der Waals surface area contributed by atoms with Crippen molar-refractivity contribution in [1.29, 1.82) is 0 Å². The number of hydrogen-bond donors (Lipinski definition) is 9. The summed E-state index contributed by atoms with van der Waals surface area (Å²) in [5, 5.41) is 22.1. The molecule has 6 aliphatic carbocycles. The third kappa shape index (κ3) is 18.7. The molecular formula is C76H96N10O15S2. The number of amides is 9. The summed E-state index contributed by atoms with van der Waals surface area (Å²) >= 11 is 0. The van der Waals surface area contributed by atoms with Crippen molar-refractivity contribution in [2.45, 2.75) is 189 Å². The number of hydrogen-bond acceptors (Lipinski definition) is 15. The average molecular weight is 1450 g/mol. The minimum absolute atomic E-state index is 0.0264. The summed E-state index contributed by atoms with van der Waals surface area (Å²) in [6.45, 7) is 18.6. The summed E-state index contributed by atoms with van der Waals surface area (Å²) in [7, 11) is -7.70. The van der Waals surface area contributed by atoms with Crippen LogP contribution < -0.4 is 41.8 Å². The Hall–Kier alpha value is -9.08. The molecule has 27 heteroatoms. The molecule has 103 heavy (non-hydrogen) atoms. The van der Waals surface area contributed by atoms with Crippen LogP contribution in [0.25, 0.3) is 22.3 Å². The van der Waals surface area contributed by atoms with Gasteiger partial charge in [0, 0.05) is 55.4 Å². The summed E-state index contributed by atoms with van der Waals surface area (Å²) in [6, 6.07) is 28.1. The van der Waals surface area contributed by atoms with Crippen molar-refractivity contribution in [2.24, 2.45) is 40.2 Å². The molecule has 0 bridgehead atoms. The fourth-order valence-corrected chi connectivity index (χ4v) is 16.1. The van der Waals surface area contributed by atoms with Crippen molar-refractivity contribution in [3.05, 3.63) is 146 Å². The lowest BCUT2D eigenvalue weighted by Crippen LogP contribution is -2.60. The van der Waals surface area contributed by atoms with Gasteiger partial charge in [-0.25, -0.2) is 21.6 Å². The molecule has 552 valence electrons. The predicted molar refractivity (Wildman–Crippen MR) is 386 cm³/mol. The van der Waals surface area contributed by atoms with Crippen molar-refractivity contribution in [1.82, 2.24) is 45.8 Å². The van der Waals surface area contributed by atoms with Crippen molar-refractivity contribution in [3.63, 3.8) is 0 Å². The van der Waals surface area contributed by atoms with E-state index in [4.69, 9.17) is 10.8 Å². The maximum Gasteiger partial charge on any atom is 0.336 e. The summed E-state index contributed by atoms with van der Waals surface area (Å²) < 4.78 is 54.3. The van der Waals surface area contributed by atoms with Crippen LogP contribution in [0.1, 0.15) is 152 Å². The van der Waals surface area contributed by atoms with E-state index < -0.39 is 142 Å². The Kier molecular flexibility index (Phi) is 22.8. The van der Waals surface area contributed by atoms with Crippen molar-refractivity contribution in [2.75, 3.05) is 13.1 Å². The molecule has 4 aromatic rings.